The molecule has 2 amide bonds. The van der Waals surface area contributed by atoms with Gasteiger partial charge in [-0.15, -0.1) is 0 Å². The number of aromatic amines is 1. The average Bonchev–Trinajstić information content (AvgIpc) is 3.35. The van der Waals surface area contributed by atoms with E-state index in [9.17, 15) is 9.59 Å². The molecule has 26 heavy (non-hydrogen) atoms. The SMILES string of the molecule is Cc1ccc(-c2cc(C(=O)N[C@@H]3CC(=O)N(c4ccccc4)C3)n[nH]2)o1. The lowest BCUT2D eigenvalue weighted by Crippen LogP contribution is -2.37. The van der Waals surface area contributed by atoms with Crippen molar-refractivity contribution >= 4 is 17.5 Å². The number of aromatic nitrogens is 2. The standard InChI is InChI=1S/C19H18N4O3/c1-12-7-8-17(26-12)15-10-16(22-21-15)19(25)20-13-9-18(24)23(11-13)14-5-3-2-4-6-14/h2-8,10,13H,9,11H2,1H3,(H,20,25)(H,21,22)/t13-/m1/s1. The third-order valence-electron chi connectivity index (χ3n) is 4.34. The minimum atomic E-state index is -0.316. The van der Waals surface area contributed by atoms with E-state index in [1.165, 1.54) is 0 Å². The van der Waals surface area contributed by atoms with Gasteiger partial charge in [0.1, 0.15) is 11.5 Å². The van der Waals surface area contributed by atoms with Gasteiger partial charge in [-0.05, 0) is 31.2 Å². The zero-order valence-electron chi connectivity index (χ0n) is 14.2. The second-order valence-corrected chi connectivity index (χ2v) is 6.29. The molecular formula is C19H18N4O3. The van der Waals surface area contributed by atoms with Crippen molar-refractivity contribution in [3.63, 3.8) is 0 Å². The molecule has 1 fully saturated rings. The van der Waals surface area contributed by atoms with Crippen molar-refractivity contribution in [2.75, 3.05) is 11.4 Å². The number of carbonyl (C=O) groups is 2. The zero-order chi connectivity index (χ0) is 18.1. The number of carbonyl (C=O) groups excluding carboxylic acids is 2. The zero-order valence-corrected chi connectivity index (χ0v) is 14.2. The van der Waals surface area contributed by atoms with Crippen LogP contribution in [0.15, 0.2) is 52.9 Å². The summed E-state index contributed by atoms with van der Waals surface area (Å²) in [6, 6.07) is 14.5. The molecule has 3 aromatic rings. The normalized spacial score (nSPS) is 16.9. The Morgan fingerprint density at radius 1 is 1.27 bits per heavy atom. The molecule has 0 aliphatic carbocycles. The summed E-state index contributed by atoms with van der Waals surface area (Å²) in [6.07, 6.45) is 0.273. The van der Waals surface area contributed by atoms with Crippen molar-refractivity contribution in [2.45, 2.75) is 19.4 Å². The molecule has 0 radical (unpaired) electrons. The van der Waals surface area contributed by atoms with Crippen LogP contribution in [0.2, 0.25) is 0 Å². The Kier molecular flexibility index (Phi) is 4.04. The lowest BCUT2D eigenvalue weighted by atomic mass is 10.2. The molecule has 1 aliphatic rings. The summed E-state index contributed by atoms with van der Waals surface area (Å²) in [6.45, 7) is 2.30. The van der Waals surface area contributed by atoms with Gasteiger partial charge in [0.2, 0.25) is 5.91 Å². The van der Waals surface area contributed by atoms with Crippen LogP contribution in [0.4, 0.5) is 5.69 Å². The van der Waals surface area contributed by atoms with E-state index in [1.807, 2.05) is 49.4 Å². The van der Waals surface area contributed by atoms with Gasteiger partial charge < -0.3 is 14.6 Å². The van der Waals surface area contributed by atoms with Crippen molar-refractivity contribution < 1.29 is 14.0 Å². The van der Waals surface area contributed by atoms with Crippen LogP contribution in [-0.2, 0) is 4.79 Å². The molecule has 2 aromatic heterocycles. The summed E-state index contributed by atoms with van der Waals surface area (Å²) in [5.74, 6) is 1.09. The smallest absolute Gasteiger partial charge is 0.272 e. The molecule has 4 rings (SSSR count). The first-order valence-electron chi connectivity index (χ1n) is 8.38. The Balaban J connectivity index is 1.43. The van der Waals surface area contributed by atoms with Crippen LogP contribution in [0.25, 0.3) is 11.5 Å². The molecule has 0 saturated carbocycles. The van der Waals surface area contributed by atoms with Gasteiger partial charge >= 0.3 is 0 Å². The first-order chi connectivity index (χ1) is 12.6. The molecule has 1 aromatic carbocycles. The minimum absolute atomic E-state index is 0.00437. The Bertz CT molecular complexity index is 945. The third kappa shape index (κ3) is 3.11. The van der Waals surface area contributed by atoms with E-state index in [1.54, 1.807) is 11.0 Å². The van der Waals surface area contributed by atoms with E-state index in [4.69, 9.17) is 4.42 Å². The van der Waals surface area contributed by atoms with Crippen LogP contribution in [0, 0.1) is 6.92 Å². The number of aryl methyl sites for hydroxylation is 1. The maximum absolute atomic E-state index is 12.4. The summed E-state index contributed by atoms with van der Waals surface area (Å²) >= 11 is 0. The number of para-hydroxylation sites is 1. The Morgan fingerprint density at radius 3 is 2.81 bits per heavy atom. The van der Waals surface area contributed by atoms with Crippen LogP contribution in [-0.4, -0.2) is 34.6 Å². The summed E-state index contributed by atoms with van der Waals surface area (Å²) in [5.41, 5.74) is 1.74. The summed E-state index contributed by atoms with van der Waals surface area (Å²) in [4.78, 5) is 26.4. The van der Waals surface area contributed by atoms with Crippen molar-refractivity contribution in [1.29, 1.82) is 0 Å². The van der Waals surface area contributed by atoms with Gasteiger partial charge in [0.25, 0.3) is 5.91 Å². The topological polar surface area (TPSA) is 91.2 Å². The maximum Gasteiger partial charge on any atom is 0.272 e. The fourth-order valence-corrected chi connectivity index (χ4v) is 3.06. The van der Waals surface area contributed by atoms with Crippen molar-refractivity contribution in [1.82, 2.24) is 15.5 Å². The molecule has 7 nitrogen and oxygen atoms in total. The average molecular weight is 350 g/mol. The largest absolute Gasteiger partial charge is 0.460 e. The number of amides is 2. The maximum atomic E-state index is 12.4. The fraction of sp³-hybridized carbons (Fsp3) is 0.211. The molecule has 0 spiro atoms. The fourth-order valence-electron chi connectivity index (χ4n) is 3.06. The third-order valence-corrected chi connectivity index (χ3v) is 4.34. The van der Waals surface area contributed by atoms with Gasteiger partial charge in [-0.2, -0.15) is 5.10 Å². The molecule has 2 N–H and O–H groups in total. The van der Waals surface area contributed by atoms with Crippen molar-refractivity contribution in [3.8, 4) is 11.5 Å². The molecular weight excluding hydrogens is 332 g/mol. The second-order valence-electron chi connectivity index (χ2n) is 6.29. The minimum Gasteiger partial charge on any atom is -0.460 e. The number of furan rings is 1. The van der Waals surface area contributed by atoms with Crippen LogP contribution >= 0.6 is 0 Å². The summed E-state index contributed by atoms with van der Waals surface area (Å²) < 4.78 is 5.52. The van der Waals surface area contributed by atoms with Gasteiger partial charge in [0.05, 0.1) is 6.04 Å². The Hall–Kier alpha value is -3.35. The van der Waals surface area contributed by atoms with E-state index in [0.29, 0.717) is 18.0 Å². The molecule has 7 heteroatoms. The first kappa shape index (κ1) is 16.1. The Labute approximate surface area is 150 Å². The number of anilines is 1. The van der Waals surface area contributed by atoms with Crippen LogP contribution < -0.4 is 10.2 Å². The first-order valence-corrected chi connectivity index (χ1v) is 8.38. The monoisotopic (exact) mass is 350 g/mol. The summed E-state index contributed by atoms with van der Waals surface area (Å²) in [5, 5.41) is 9.73. The lowest BCUT2D eigenvalue weighted by Gasteiger charge is -2.16. The highest BCUT2D eigenvalue weighted by Crippen LogP contribution is 2.22. The summed E-state index contributed by atoms with van der Waals surface area (Å²) in [7, 11) is 0. The van der Waals surface area contributed by atoms with E-state index in [2.05, 4.69) is 15.5 Å². The molecule has 1 atom stereocenters. The highest BCUT2D eigenvalue weighted by molar-refractivity contribution is 5.98. The van der Waals surface area contributed by atoms with Crippen LogP contribution in [0.5, 0.6) is 0 Å². The molecule has 1 aliphatic heterocycles. The molecule has 3 heterocycles. The molecule has 0 unspecified atom stereocenters. The number of rotatable bonds is 4. The predicted molar refractivity (Wildman–Crippen MR) is 95.7 cm³/mol. The van der Waals surface area contributed by atoms with Gasteiger partial charge in [-0.25, -0.2) is 0 Å². The van der Waals surface area contributed by atoms with E-state index >= 15 is 0 Å². The van der Waals surface area contributed by atoms with Crippen molar-refractivity contribution in [3.05, 3.63) is 60.0 Å². The predicted octanol–water partition coefficient (Wildman–Crippen LogP) is 2.51. The number of nitrogens with one attached hydrogen (secondary N) is 2. The van der Waals surface area contributed by atoms with Gasteiger partial charge in [-0.3, -0.25) is 14.7 Å². The van der Waals surface area contributed by atoms with E-state index < -0.39 is 0 Å². The molecule has 1 saturated heterocycles. The Morgan fingerprint density at radius 2 is 2.08 bits per heavy atom. The number of H-pyrrole nitrogens is 1. The van der Waals surface area contributed by atoms with Gasteiger partial charge in [0, 0.05) is 24.7 Å². The number of hydrogen-bond donors (Lipinski definition) is 2. The second kappa shape index (κ2) is 6.51. The van der Waals surface area contributed by atoms with Crippen molar-refractivity contribution in [2.24, 2.45) is 0 Å². The highest BCUT2D eigenvalue weighted by Gasteiger charge is 2.32. The van der Waals surface area contributed by atoms with E-state index in [0.717, 1.165) is 11.4 Å². The van der Waals surface area contributed by atoms with E-state index in [-0.39, 0.29) is 30.0 Å². The highest BCUT2D eigenvalue weighted by atomic mass is 16.3. The van der Waals surface area contributed by atoms with Crippen LogP contribution in [0.3, 0.4) is 0 Å². The molecule has 132 valence electrons. The van der Waals surface area contributed by atoms with Gasteiger partial charge in [0.15, 0.2) is 11.5 Å². The lowest BCUT2D eigenvalue weighted by molar-refractivity contribution is -0.117. The quantitative estimate of drug-likeness (QED) is 0.756. The van der Waals surface area contributed by atoms with Crippen LogP contribution in [0.1, 0.15) is 22.7 Å². The number of benzene rings is 1. The molecule has 0 bridgehead atoms. The number of hydrogen-bond acceptors (Lipinski definition) is 4. The number of nitrogens with zero attached hydrogens (tertiary/aromatic N) is 2. The van der Waals surface area contributed by atoms with Gasteiger partial charge in [-0.1, -0.05) is 18.2 Å².